The van der Waals surface area contributed by atoms with Gasteiger partial charge in [-0.3, -0.25) is 5.32 Å². The predicted octanol–water partition coefficient (Wildman–Crippen LogP) is 0.0806. The molecular formula is C48H39N16+3. The molecule has 0 spiro atoms. The summed E-state index contributed by atoms with van der Waals surface area (Å²) in [6.07, 6.45) is 21.9. The number of aromatic amines is 2. The van der Waals surface area contributed by atoms with Crippen LogP contribution in [0.15, 0.2) is 107 Å². The van der Waals surface area contributed by atoms with Crippen LogP contribution in [0.5, 0.6) is 0 Å². The molecule has 17 aliphatic rings. The molecule has 0 radical (unpaired) electrons. The van der Waals surface area contributed by atoms with Crippen molar-refractivity contribution >= 4 is 80.1 Å². The smallest absolute Gasteiger partial charge is 0.274 e. The number of amidine groups is 3. The molecule has 3 aromatic heterocycles. The average molecular weight is 840 g/mol. The first-order valence-electron chi connectivity index (χ1n) is 22.8. The number of hydrogen-bond acceptors (Lipinski definition) is 11. The second-order valence-corrected chi connectivity index (χ2v) is 19.1. The predicted molar refractivity (Wildman–Crippen MR) is 241 cm³/mol. The van der Waals surface area contributed by atoms with Gasteiger partial charge in [0.25, 0.3) is 11.4 Å². The number of nitrogens with zero attached hydrogens (tertiary/aromatic N) is 7. The Balaban J connectivity index is 0.943. The molecule has 2 fully saturated rings. The van der Waals surface area contributed by atoms with E-state index in [1.165, 1.54) is 44.8 Å². The zero-order valence-electron chi connectivity index (χ0n) is 34.4. The van der Waals surface area contributed by atoms with E-state index in [0.29, 0.717) is 51.2 Å². The standard InChI is InChI=1S/C48H36N16/c1-2-18-4-3-17(1)25-26(18)50-34-33(49-25)41-57-42(34)62-44-37-38(54-30-22-11-9-21(10-12-22)29(30)53-37)46(59-44)64-48-40-39(55-31-23-13-15-24(16-14-23)32(31)56-40)47(60-48)63-45-36-35(43(58-45)61-41)51-27-19-5-7-20(8-6-19)28(27)52-36/h1-2,5,7,9,11,13,15,17-18,28,32,38,40,52,54,56,58,63H,3-4,6,8,10,12,14,16H2,(H,57,59,60,61,62,64)/p+3. The lowest BCUT2D eigenvalue weighted by molar-refractivity contribution is -0.408. The zero-order valence-corrected chi connectivity index (χ0v) is 34.4. The number of aromatic nitrogens is 4. The van der Waals surface area contributed by atoms with Gasteiger partial charge < -0.3 is 25.9 Å². The Labute approximate surface area is 363 Å². The summed E-state index contributed by atoms with van der Waals surface area (Å²) in [4.78, 5) is 56.7. The van der Waals surface area contributed by atoms with E-state index in [2.05, 4.69) is 94.8 Å². The van der Waals surface area contributed by atoms with Crippen LogP contribution in [0.4, 0.5) is 34.4 Å². The van der Waals surface area contributed by atoms with Crippen LogP contribution in [0.2, 0.25) is 0 Å². The first-order valence-corrected chi connectivity index (χ1v) is 22.8. The Kier molecular flexibility index (Phi) is 5.89. The molecule has 1 aromatic carbocycles. The molecule has 6 atom stereocenters. The molecule has 0 saturated heterocycles. The fraction of sp³-hybridized carbons (Fsp3) is 0.292. The number of aryl methyl sites for hydroxylation is 2. The molecule has 2 saturated carbocycles. The minimum absolute atomic E-state index is 0.0404. The van der Waals surface area contributed by atoms with Crippen molar-refractivity contribution in [3.8, 4) is 0 Å². The van der Waals surface area contributed by atoms with Crippen molar-refractivity contribution in [3.05, 3.63) is 116 Å². The van der Waals surface area contributed by atoms with Crippen LogP contribution >= 0.6 is 0 Å². The summed E-state index contributed by atoms with van der Waals surface area (Å²) >= 11 is 0. The number of hydrogen-bond donors (Lipinski definition) is 9. The molecule has 4 aromatic rings. The Morgan fingerprint density at radius 1 is 0.562 bits per heavy atom. The van der Waals surface area contributed by atoms with E-state index in [4.69, 9.17) is 34.9 Å². The number of anilines is 3. The molecule has 64 heavy (non-hydrogen) atoms. The summed E-state index contributed by atoms with van der Waals surface area (Å²) in [5.74, 6) is 4.27. The molecule has 21 rings (SSSR count). The number of fused-ring (bicyclic) bond motifs is 24. The summed E-state index contributed by atoms with van der Waals surface area (Å²) in [5, 5.41) is 15.6. The van der Waals surface area contributed by atoms with E-state index >= 15 is 0 Å². The van der Waals surface area contributed by atoms with Crippen molar-refractivity contribution in [2.24, 2.45) is 25.0 Å². The maximum Gasteiger partial charge on any atom is 0.274 e. The Hall–Kier alpha value is -7.46. The SMILES string of the molecule is C1=CC2CCC1c1nc3c4[nH]c(c3nc12)=Nc1[nH]c(c2c1[NH+]=C1C3=CC=C(CC3)C1N2)NC1=C2[NH+]=C3C5=CC=C(CC5)C3NC2C(=N1)N=C1N=C(N=4)C2=[NH+]c3c4ccc(c3NC12)CC4. The van der Waals surface area contributed by atoms with Gasteiger partial charge in [-0.2, -0.15) is 0 Å². The van der Waals surface area contributed by atoms with E-state index in [1.54, 1.807) is 0 Å². The molecule has 11 aliphatic carbocycles. The van der Waals surface area contributed by atoms with Gasteiger partial charge in [0.2, 0.25) is 40.3 Å². The lowest BCUT2D eigenvalue weighted by Gasteiger charge is -2.34. The van der Waals surface area contributed by atoms with Crippen LogP contribution in [-0.4, -0.2) is 78.7 Å². The van der Waals surface area contributed by atoms with Crippen molar-refractivity contribution in [2.45, 2.75) is 87.4 Å². The molecule has 0 amide bonds. The second kappa shape index (κ2) is 11.4. The summed E-state index contributed by atoms with van der Waals surface area (Å²) < 4.78 is 0. The van der Waals surface area contributed by atoms with Gasteiger partial charge in [-0.15, -0.1) is 0 Å². The van der Waals surface area contributed by atoms with Crippen molar-refractivity contribution < 1.29 is 15.0 Å². The lowest BCUT2D eigenvalue weighted by Crippen LogP contribution is -2.84. The molecule has 16 heteroatoms. The highest BCUT2D eigenvalue weighted by atomic mass is 15.3. The molecular weight excluding hydrogens is 801 g/mol. The van der Waals surface area contributed by atoms with Gasteiger partial charge in [-0.25, -0.2) is 49.9 Å². The van der Waals surface area contributed by atoms with Crippen molar-refractivity contribution in [1.29, 1.82) is 0 Å². The van der Waals surface area contributed by atoms with Gasteiger partial charge in [0.05, 0.1) is 11.4 Å². The lowest BCUT2D eigenvalue weighted by atomic mass is 9.76. The first-order chi connectivity index (χ1) is 31.6. The number of rotatable bonds is 0. The summed E-state index contributed by atoms with van der Waals surface area (Å²) in [6, 6.07) is 3.86. The number of benzene rings is 1. The zero-order chi connectivity index (χ0) is 41.1. The maximum atomic E-state index is 5.44. The number of allylic oxidation sites excluding steroid dienone is 6. The first kappa shape index (κ1) is 33.1. The van der Waals surface area contributed by atoms with Gasteiger partial charge in [-0.05, 0) is 68.1 Å². The van der Waals surface area contributed by atoms with Gasteiger partial charge in [0.15, 0.2) is 40.4 Å². The minimum atomic E-state index is -0.381. The summed E-state index contributed by atoms with van der Waals surface area (Å²) in [5.41, 5.74) is 20.6. The molecule has 6 aliphatic heterocycles. The number of H-pyrrole nitrogens is 2. The monoisotopic (exact) mass is 839 g/mol. The summed E-state index contributed by atoms with van der Waals surface area (Å²) in [6.45, 7) is 0. The third-order valence-corrected chi connectivity index (χ3v) is 15.7. The Morgan fingerprint density at radius 3 is 2.02 bits per heavy atom. The van der Waals surface area contributed by atoms with Crippen LogP contribution in [0, 0.1) is 0 Å². The van der Waals surface area contributed by atoms with Crippen LogP contribution in [0.1, 0.15) is 72.9 Å². The Morgan fingerprint density at radius 2 is 1.27 bits per heavy atom. The molecule has 9 heterocycles. The highest BCUT2D eigenvalue weighted by molar-refractivity contribution is 6.52. The minimum Gasteiger partial charge on any atom is -0.361 e. The van der Waals surface area contributed by atoms with E-state index < -0.39 is 0 Å². The summed E-state index contributed by atoms with van der Waals surface area (Å²) in [7, 11) is 0. The molecule has 308 valence electrons. The van der Waals surface area contributed by atoms with E-state index in [9.17, 15) is 0 Å². The topological polar surface area (TPSA) is 209 Å². The number of nitrogens with one attached hydrogen (secondary N) is 9. The van der Waals surface area contributed by atoms with Gasteiger partial charge in [-0.1, -0.05) is 48.6 Å². The fourth-order valence-electron chi connectivity index (χ4n) is 12.5. The van der Waals surface area contributed by atoms with Gasteiger partial charge in [0.1, 0.15) is 34.6 Å². The molecule has 6 unspecified atom stereocenters. The molecule has 16 nitrogen and oxygen atoms in total. The van der Waals surface area contributed by atoms with Crippen molar-refractivity contribution in [1.82, 2.24) is 25.3 Å². The molecule has 16 bridgehead atoms. The van der Waals surface area contributed by atoms with Crippen LogP contribution in [0.3, 0.4) is 0 Å². The fourth-order valence-corrected chi connectivity index (χ4v) is 12.5. The highest BCUT2D eigenvalue weighted by Crippen LogP contribution is 2.45. The second-order valence-electron chi connectivity index (χ2n) is 19.1. The maximum absolute atomic E-state index is 5.44. The van der Waals surface area contributed by atoms with Gasteiger partial charge in [0, 0.05) is 28.5 Å². The largest absolute Gasteiger partial charge is 0.361 e. The van der Waals surface area contributed by atoms with E-state index in [0.717, 1.165) is 103 Å². The highest BCUT2D eigenvalue weighted by Gasteiger charge is 2.50. The molecule has 9 N–H and O–H groups in total. The van der Waals surface area contributed by atoms with Crippen LogP contribution in [0.25, 0.3) is 11.0 Å². The van der Waals surface area contributed by atoms with Crippen LogP contribution < -0.4 is 47.2 Å². The third kappa shape index (κ3) is 4.22. The van der Waals surface area contributed by atoms with Crippen molar-refractivity contribution in [2.75, 3.05) is 16.0 Å². The van der Waals surface area contributed by atoms with E-state index in [-0.39, 0.29) is 36.0 Å². The van der Waals surface area contributed by atoms with Crippen LogP contribution in [-0.2, 0) is 12.8 Å². The van der Waals surface area contributed by atoms with Gasteiger partial charge >= 0.3 is 0 Å². The third-order valence-electron chi connectivity index (χ3n) is 15.7. The normalized spacial score (nSPS) is 29.2. The quantitative estimate of drug-likeness (QED) is 0.112. The average Bonchev–Trinajstić information content (AvgIpc) is 4.08. The number of aliphatic imine (C=N–C) groups is 3. The van der Waals surface area contributed by atoms with E-state index in [1.807, 2.05) is 0 Å². The Bertz CT molecular complexity index is 3610. The van der Waals surface area contributed by atoms with Crippen molar-refractivity contribution in [3.63, 3.8) is 0 Å².